The first-order valence-corrected chi connectivity index (χ1v) is 11.0. The fourth-order valence-corrected chi connectivity index (χ4v) is 4.05. The average Bonchev–Trinajstić information content (AvgIpc) is 3.55. The highest BCUT2D eigenvalue weighted by Gasteiger charge is 2.19. The molecule has 0 spiro atoms. The predicted octanol–water partition coefficient (Wildman–Crippen LogP) is 4.30. The van der Waals surface area contributed by atoms with Gasteiger partial charge >= 0.3 is 6.01 Å². The van der Waals surface area contributed by atoms with Crippen LogP contribution in [0.4, 0.5) is 5.69 Å². The van der Waals surface area contributed by atoms with Crippen LogP contribution in [0.2, 0.25) is 0 Å². The van der Waals surface area contributed by atoms with E-state index in [4.69, 9.17) is 14.2 Å². The third-order valence-electron chi connectivity index (χ3n) is 4.80. The highest BCUT2D eigenvalue weighted by Crippen LogP contribution is 2.36. The molecule has 1 N–H and O–H groups in total. The molecule has 1 aliphatic heterocycles. The first kappa shape index (κ1) is 20.1. The zero-order valence-corrected chi connectivity index (χ0v) is 18.1. The lowest BCUT2D eigenvalue weighted by Crippen LogP contribution is -2.13. The molecule has 0 saturated carbocycles. The Kier molecular flexibility index (Phi) is 5.47. The Bertz CT molecular complexity index is 1240. The minimum absolute atomic E-state index is 0.0550. The molecule has 0 bridgehead atoms. The molecule has 1 amide bonds. The zero-order valence-electron chi connectivity index (χ0n) is 17.3. The van der Waals surface area contributed by atoms with E-state index in [1.54, 1.807) is 16.0 Å². The van der Waals surface area contributed by atoms with Crippen LogP contribution in [-0.4, -0.2) is 34.1 Å². The monoisotopic (exact) mass is 448 g/mol. The van der Waals surface area contributed by atoms with Gasteiger partial charge in [0.25, 0.3) is 0 Å². The molecule has 2 aromatic carbocycles. The largest absolute Gasteiger partial charge is 0.463 e. The van der Waals surface area contributed by atoms with Gasteiger partial charge in [0.2, 0.25) is 12.7 Å². The number of benzene rings is 2. The van der Waals surface area contributed by atoms with Crippen molar-refractivity contribution in [2.24, 2.45) is 0 Å². The van der Waals surface area contributed by atoms with Gasteiger partial charge in [-0.05, 0) is 60.8 Å². The topological polar surface area (TPSA) is 87.5 Å². The lowest BCUT2D eigenvalue weighted by molar-refractivity contribution is -0.115. The van der Waals surface area contributed by atoms with Crippen molar-refractivity contribution in [1.29, 1.82) is 0 Å². The summed E-state index contributed by atoms with van der Waals surface area (Å²) in [6.07, 6.45) is 0.356. The number of carbonyl (C=O) groups excluding carboxylic acids is 1. The summed E-state index contributed by atoms with van der Waals surface area (Å²) in [6.45, 7) is 2.55. The Hall–Kier alpha value is -3.85. The number of rotatable bonds is 7. The van der Waals surface area contributed by atoms with Crippen molar-refractivity contribution in [2.75, 3.05) is 18.7 Å². The summed E-state index contributed by atoms with van der Waals surface area (Å²) in [4.78, 5) is 17.8. The van der Waals surface area contributed by atoms with Gasteiger partial charge in [0, 0.05) is 16.1 Å². The number of aromatic nitrogens is 3. The number of ether oxygens (including phenoxy) is 3. The Balaban J connectivity index is 1.40. The van der Waals surface area contributed by atoms with E-state index in [1.165, 1.54) is 0 Å². The van der Waals surface area contributed by atoms with Crippen LogP contribution in [0, 0.1) is 0 Å². The molecule has 0 aliphatic carbocycles. The first-order chi connectivity index (χ1) is 15.7. The summed E-state index contributed by atoms with van der Waals surface area (Å²) < 4.78 is 18.1. The molecule has 3 heterocycles. The maximum absolute atomic E-state index is 12.3. The predicted molar refractivity (Wildman–Crippen MR) is 121 cm³/mol. The van der Waals surface area contributed by atoms with Gasteiger partial charge in [-0.1, -0.05) is 6.07 Å². The number of nitrogens with zero attached hydrogens (tertiary/aromatic N) is 3. The molecule has 162 valence electrons. The van der Waals surface area contributed by atoms with Crippen molar-refractivity contribution in [3.63, 3.8) is 0 Å². The van der Waals surface area contributed by atoms with Crippen LogP contribution in [0.3, 0.4) is 0 Å². The van der Waals surface area contributed by atoms with Gasteiger partial charge in [-0.3, -0.25) is 4.79 Å². The molecule has 0 atom stereocenters. The second-order valence-corrected chi connectivity index (χ2v) is 8.01. The number of fused-ring (bicyclic) bond motifs is 1. The highest BCUT2D eigenvalue weighted by molar-refractivity contribution is 7.10. The number of hydrogen-bond donors (Lipinski definition) is 1. The van der Waals surface area contributed by atoms with E-state index in [0.717, 1.165) is 16.1 Å². The molecule has 5 rings (SSSR count). The van der Waals surface area contributed by atoms with Crippen LogP contribution >= 0.6 is 11.3 Å². The fourth-order valence-electron chi connectivity index (χ4n) is 3.35. The maximum atomic E-state index is 12.3. The third kappa shape index (κ3) is 4.15. The summed E-state index contributed by atoms with van der Waals surface area (Å²) in [5.74, 6) is 1.92. The molecule has 0 radical (unpaired) electrons. The van der Waals surface area contributed by atoms with Crippen LogP contribution in [-0.2, 0) is 11.2 Å². The summed E-state index contributed by atoms with van der Waals surface area (Å²) in [6, 6.07) is 17.2. The second-order valence-electron chi connectivity index (χ2n) is 6.98. The molecule has 2 aromatic heterocycles. The van der Waals surface area contributed by atoms with E-state index in [-0.39, 0.29) is 18.7 Å². The Morgan fingerprint density at radius 3 is 2.78 bits per heavy atom. The molecule has 9 heteroatoms. The third-order valence-corrected chi connectivity index (χ3v) is 5.68. The molecule has 8 nitrogen and oxygen atoms in total. The fraction of sp³-hybridized carbons (Fsp3) is 0.174. The van der Waals surface area contributed by atoms with Gasteiger partial charge in [-0.15, -0.1) is 16.4 Å². The lowest BCUT2D eigenvalue weighted by atomic mass is 10.2. The highest BCUT2D eigenvalue weighted by atomic mass is 32.1. The summed E-state index contributed by atoms with van der Waals surface area (Å²) in [5, 5.41) is 9.39. The van der Waals surface area contributed by atoms with Crippen LogP contribution in [0.1, 0.15) is 11.8 Å². The van der Waals surface area contributed by atoms with E-state index in [1.807, 2.05) is 66.9 Å². The van der Waals surface area contributed by atoms with Gasteiger partial charge in [0.1, 0.15) is 0 Å². The molecule has 0 unspecified atom stereocenters. The number of carbonyl (C=O) groups is 1. The van der Waals surface area contributed by atoms with Gasteiger partial charge < -0.3 is 19.5 Å². The zero-order chi connectivity index (χ0) is 21.9. The SMILES string of the molecule is CCOc1nc(-c2ccc3c(c2)OCO3)n(-c2ccc(NC(=O)Cc3cccs3)cc2)n1. The number of thiophene rings is 1. The van der Waals surface area contributed by atoms with Crippen LogP contribution < -0.4 is 19.5 Å². The van der Waals surface area contributed by atoms with Crippen LogP contribution in [0.15, 0.2) is 60.0 Å². The van der Waals surface area contributed by atoms with Crippen molar-refractivity contribution >= 4 is 22.9 Å². The van der Waals surface area contributed by atoms with E-state index >= 15 is 0 Å². The molecule has 0 saturated heterocycles. The Morgan fingerprint density at radius 1 is 1.16 bits per heavy atom. The molecule has 32 heavy (non-hydrogen) atoms. The maximum Gasteiger partial charge on any atom is 0.336 e. The number of anilines is 1. The quantitative estimate of drug-likeness (QED) is 0.453. The second kappa shape index (κ2) is 8.72. The van der Waals surface area contributed by atoms with Crippen molar-refractivity contribution in [3.05, 3.63) is 64.9 Å². The van der Waals surface area contributed by atoms with Gasteiger partial charge in [0.15, 0.2) is 17.3 Å². The average molecular weight is 449 g/mol. The van der Waals surface area contributed by atoms with E-state index in [9.17, 15) is 4.79 Å². The summed E-state index contributed by atoms with van der Waals surface area (Å²) >= 11 is 1.57. The van der Waals surface area contributed by atoms with E-state index in [0.29, 0.717) is 36.0 Å². The standard InChI is InChI=1S/C23H20N4O4S/c1-2-29-23-25-22(15-5-10-19-20(12-15)31-14-30-19)27(26-23)17-8-6-16(7-9-17)24-21(28)13-18-4-3-11-32-18/h3-12H,2,13-14H2,1H3,(H,24,28). The minimum Gasteiger partial charge on any atom is -0.463 e. The number of amides is 1. The number of nitrogens with one attached hydrogen (secondary N) is 1. The lowest BCUT2D eigenvalue weighted by Gasteiger charge is -2.09. The van der Waals surface area contributed by atoms with Crippen molar-refractivity contribution in [3.8, 4) is 34.6 Å². The minimum atomic E-state index is -0.0550. The van der Waals surface area contributed by atoms with E-state index < -0.39 is 0 Å². The van der Waals surface area contributed by atoms with Crippen molar-refractivity contribution < 1.29 is 19.0 Å². The Labute approximate surface area is 188 Å². The number of hydrogen-bond acceptors (Lipinski definition) is 7. The summed E-state index contributed by atoms with van der Waals surface area (Å²) in [7, 11) is 0. The molecular weight excluding hydrogens is 428 g/mol. The molecular formula is C23H20N4O4S. The van der Waals surface area contributed by atoms with Gasteiger partial charge in [0.05, 0.1) is 18.7 Å². The molecule has 0 fully saturated rings. The first-order valence-electron chi connectivity index (χ1n) is 10.1. The van der Waals surface area contributed by atoms with Gasteiger partial charge in [-0.2, -0.15) is 4.98 Å². The smallest absolute Gasteiger partial charge is 0.336 e. The van der Waals surface area contributed by atoms with Gasteiger partial charge in [-0.25, -0.2) is 4.68 Å². The summed E-state index contributed by atoms with van der Waals surface area (Å²) in [5.41, 5.74) is 2.32. The van der Waals surface area contributed by atoms with Crippen LogP contribution in [0.25, 0.3) is 17.1 Å². The molecule has 1 aliphatic rings. The molecule has 4 aromatic rings. The Morgan fingerprint density at radius 2 is 2.00 bits per heavy atom. The van der Waals surface area contributed by atoms with E-state index in [2.05, 4.69) is 15.4 Å². The van der Waals surface area contributed by atoms with Crippen LogP contribution in [0.5, 0.6) is 17.5 Å². The normalized spacial score (nSPS) is 12.0. The van der Waals surface area contributed by atoms with Crippen molar-refractivity contribution in [1.82, 2.24) is 14.8 Å². The van der Waals surface area contributed by atoms with Crippen molar-refractivity contribution in [2.45, 2.75) is 13.3 Å².